The number of benzene rings is 2. The lowest BCUT2D eigenvalue weighted by atomic mass is 10.0. The highest BCUT2D eigenvalue weighted by Gasteiger charge is 2.36. The molecule has 0 radical (unpaired) electrons. The monoisotopic (exact) mass is 521 g/mol. The molecule has 1 aliphatic rings. The van der Waals surface area contributed by atoms with Crippen molar-refractivity contribution in [2.45, 2.75) is 58.0 Å². The van der Waals surface area contributed by atoms with Crippen LogP contribution in [-0.4, -0.2) is 47.7 Å². The van der Waals surface area contributed by atoms with Gasteiger partial charge in [-0.25, -0.2) is 14.4 Å². The van der Waals surface area contributed by atoms with Crippen LogP contribution in [0.25, 0.3) is 10.9 Å². The van der Waals surface area contributed by atoms with Gasteiger partial charge in [0.1, 0.15) is 23.6 Å². The van der Waals surface area contributed by atoms with Gasteiger partial charge in [-0.05, 0) is 58.9 Å². The van der Waals surface area contributed by atoms with Gasteiger partial charge in [0.25, 0.3) is 0 Å². The maximum atomic E-state index is 14.9. The lowest BCUT2D eigenvalue weighted by Gasteiger charge is -2.23. The van der Waals surface area contributed by atoms with Gasteiger partial charge in [-0.1, -0.05) is 0 Å². The number of anilines is 2. The molecule has 4 rings (SSSR count). The third-order valence-corrected chi connectivity index (χ3v) is 6.38. The smallest absolute Gasteiger partial charge is 0.419 e. The van der Waals surface area contributed by atoms with E-state index in [0.29, 0.717) is 46.2 Å². The van der Waals surface area contributed by atoms with Crippen LogP contribution in [0.5, 0.6) is 11.5 Å². The highest BCUT2D eigenvalue weighted by molar-refractivity contribution is 5.92. The Morgan fingerprint density at radius 3 is 2.46 bits per heavy atom. The number of rotatable bonds is 9. The molecule has 1 heterocycles. The Hall–Kier alpha value is -3.34. The molecule has 0 spiro atoms. The number of ether oxygens (including phenoxy) is 2. The standard InChI is InChI=1S/C26H31F4N5O2/c1-13(12-35(4)17-6-7-17)37-23-10-19-21(11-22(23)36-5)33-15(3)34-25(19)32-14(2)18-8-16(31)9-20(24(18)27)26(28,29)30/h8-11,13-14,17H,6-7,12,31H2,1-5H3,(H,32,33,34)/t13-,14+/m0/s1. The van der Waals surface area contributed by atoms with Crippen LogP contribution in [0.4, 0.5) is 29.1 Å². The summed E-state index contributed by atoms with van der Waals surface area (Å²) in [5, 5.41) is 3.60. The van der Waals surface area contributed by atoms with Crippen molar-refractivity contribution in [3.63, 3.8) is 0 Å². The van der Waals surface area contributed by atoms with Crippen molar-refractivity contribution < 1.29 is 27.0 Å². The van der Waals surface area contributed by atoms with Gasteiger partial charge in [0.2, 0.25) is 0 Å². The first-order chi connectivity index (χ1) is 17.4. The first kappa shape index (κ1) is 26.7. The van der Waals surface area contributed by atoms with Crippen LogP contribution in [-0.2, 0) is 6.18 Å². The number of hydrogen-bond acceptors (Lipinski definition) is 7. The topological polar surface area (TPSA) is 85.5 Å². The van der Waals surface area contributed by atoms with E-state index in [1.807, 2.05) is 6.92 Å². The van der Waals surface area contributed by atoms with E-state index in [0.717, 1.165) is 6.54 Å². The minimum absolute atomic E-state index is 0.138. The van der Waals surface area contributed by atoms with Crippen LogP contribution < -0.4 is 20.5 Å². The number of likely N-dealkylation sites (N-methyl/N-ethyl adjacent to an activating group) is 1. The number of nitrogens with one attached hydrogen (secondary N) is 1. The van der Waals surface area contributed by atoms with E-state index in [9.17, 15) is 17.6 Å². The third-order valence-electron chi connectivity index (χ3n) is 6.38. The summed E-state index contributed by atoms with van der Waals surface area (Å²) in [7, 11) is 3.60. The summed E-state index contributed by atoms with van der Waals surface area (Å²) in [4.78, 5) is 11.2. The molecular formula is C26H31F4N5O2. The highest BCUT2D eigenvalue weighted by Crippen LogP contribution is 2.38. The van der Waals surface area contributed by atoms with Crippen molar-refractivity contribution in [1.82, 2.24) is 14.9 Å². The predicted molar refractivity (Wildman–Crippen MR) is 134 cm³/mol. The Morgan fingerprint density at radius 2 is 1.84 bits per heavy atom. The zero-order valence-electron chi connectivity index (χ0n) is 21.4. The quantitative estimate of drug-likeness (QED) is 0.275. The Balaban J connectivity index is 1.69. The molecule has 1 aromatic heterocycles. The number of nitrogen functional groups attached to an aromatic ring is 1. The number of aryl methyl sites for hydroxylation is 1. The van der Waals surface area contributed by atoms with E-state index in [4.69, 9.17) is 15.2 Å². The lowest BCUT2D eigenvalue weighted by Crippen LogP contribution is -2.32. The number of alkyl halides is 3. The van der Waals surface area contributed by atoms with Gasteiger partial charge in [0.15, 0.2) is 11.5 Å². The van der Waals surface area contributed by atoms with Crippen molar-refractivity contribution in [3.05, 3.63) is 47.0 Å². The van der Waals surface area contributed by atoms with Crippen LogP contribution >= 0.6 is 0 Å². The SMILES string of the molecule is COc1cc2nc(C)nc(N[C@H](C)c3cc(N)cc(C(F)(F)F)c3F)c2cc1O[C@@H](C)CN(C)C1CC1. The molecule has 37 heavy (non-hydrogen) atoms. The summed E-state index contributed by atoms with van der Waals surface area (Å²) in [5.74, 6) is 0.324. The molecule has 2 atom stereocenters. The van der Waals surface area contributed by atoms with E-state index in [2.05, 4.69) is 27.2 Å². The van der Waals surface area contributed by atoms with Crippen molar-refractivity contribution >= 4 is 22.4 Å². The lowest BCUT2D eigenvalue weighted by molar-refractivity contribution is -0.140. The van der Waals surface area contributed by atoms with Gasteiger partial charge in [-0.3, -0.25) is 4.90 Å². The second-order valence-electron chi connectivity index (χ2n) is 9.57. The number of nitrogens with zero attached hydrogens (tertiary/aromatic N) is 3. The van der Waals surface area contributed by atoms with Crippen molar-refractivity contribution in [3.8, 4) is 11.5 Å². The number of methoxy groups -OCH3 is 1. The first-order valence-corrected chi connectivity index (χ1v) is 12.0. The summed E-state index contributed by atoms with van der Waals surface area (Å²) >= 11 is 0. The van der Waals surface area contributed by atoms with Crippen LogP contribution in [0.15, 0.2) is 24.3 Å². The summed E-state index contributed by atoms with van der Waals surface area (Å²) in [6, 6.07) is 4.92. The largest absolute Gasteiger partial charge is 0.493 e. The first-order valence-electron chi connectivity index (χ1n) is 12.0. The van der Waals surface area contributed by atoms with Gasteiger partial charge in [0, 0.05) is 35.3 Å². The van der Waals surface area contributed by atoms with E-state index < -0.39 is 23.6 Å². The molecule has 7 nitrogen and oxygen atoms in total. The number of nitrogens with two attached hydrogens (primary N) is 1. The molecule has 200 valence electrons. The number of aromatic nitrogens is 2. The molecule has 0 amide bonds. The molecule has 3 aromatic rings. The molecule has 0 bridgehead atoms. The Kier molecular flexibility index (Phi) is 7.36. The number of hydrogen-bond donors (Lipinski definition) is 2. The second kappa shape index (κ2) is 10.2. The summed E-state index contributed by atoms with van der Waals surface area (Å²) < 4.78 is 66.6. The van der Waals surface area contributed by atoms with Crippen molar-refractivity contribution in [2.75, 3.05) is 31.8 Å². The Labute approximate surface area is 213 Å². The van der Waals surface area contributed by atoms with Crippen molar-refractivity contribution in [1.29, 1.82) is 0 Å². The van der Waals surface area contributed by atoms with Crippen molar-refractivity contribution in [2.24, 2.45) is 0 Å². The van der Waals surface area contributed by atoms with E-state index in [1.165, 1.54) is 32.9 Å². The maximum Gasteiger partial charge on any atom is 0.419 e. The molecule has 1 saturated carbocycles. The average Bonchev–Trinajstić information content (AvgIpc) is 3.65. The maximum absolute atomic E-state index is 14.9. The summed E-state index contributed by atoms with van der Waals surface area (Å²) in [6.45, 7) is 5.92. The molecule has 0 saturated heterocycles. The van der Waals surface area contributed by atoms with Crippen LogP contribution in [0, 0.1) is 12.7 Å². The van der Waals surface area contributed by atoms with E-state index >= 15 is 0 Å². The zero-order chi connectivity index (χ0) is 27.1. The van der Waals surface area contributed by atoms with Crippen LogP contribution in [0.1, 0.15) is 49.7 Å². The molecule has 11 heteroatoms. The Bertz CT molecular complexity index is 1300. The minimum atomic E-state index is -4.88. The van der Waals surface area contributed by atoms with Crippen LogP contribution in [0.2, 0.25) is 0 Å². The second-order valence-corrected chi connectivity index (χ2v) is 9.57. The van der Waals surface area contributed by atoms with Gasteiger partial charge in [-0.2, -0.15) is 13.2 Å². The summed E-state index contributed by atoms with van der Waals surface area (Å²) in [6.07, 6.45) is -2.64. The number of fused-ring (bicyclic) bond motifs is 1. The predicted octanol–water partition coefficient (Wildman–Crippen LogP) is 5.72. The fourth-order valence-electron chi connectivity index (χ4n) is 4.41. The normalized spacial score (nSPS) is 15.6. The molecule has 1 aliphatic carbocycles. The zero-order valence-corrected chi connectivity index (χ0v) is 21.4. The minimum Gasteiger partial charge on any atom is -0.493 e. The molecular weight excluding hydrogens is 490 g/mol. The van der Waals surface area contributed by atoms with E-state index in [1.54, 1.807) is 19.1 Å². The molecule has 1 fully saturated rings. The third kappa shape index (κ3) is 5.98. The molecule has 0 aliphatic heterocycles. The average molecular weight is 522 g/mol. The highest BCUT2D eigenvalue weighted by atomic mass is 19.4. The van der Waals surface area contributed by atoms with Gasteiger partial charge >= 0.3 is 6.18 Å². The van der Waals surface area contributed by atoms with E-state index in [-0.39, 0.29) is 17.4 Å². The van der Waals surface area contributed by atoms with Gasteiger partial charge in [-0.15, -0.1) is 0 Å². The fraction of sp³-hybridized carbons (Fsp3) is 0.462. The molecule has 0 unspecified atom stereocenters. The molecule has 3 N–H and O–H groups in total. The number of halogens is 4. The van der Waals surface area contributed by atoms with Gasteiger partial charge < -0.3 is 20.5 Å². The van der Waals surface area contributed by atoms with Gasteiger partial charge in [0.05, 0.1) is 24.2 Å². The Morgan fingerprint density at radius 1 is 1.14 bits per heavy atom. The summed E-state index contributed by atoms with van der Waals surface area (Å²) in [5.41, 5.74) is 4.39. The van der Waals surface area contributed by atoms with Crippen LogP contribution in [0.3, 0.4) is 0 Å². The molecule has 2 aromatic carbocycles. The fourth-order valence-corrected chi connectivity index (χ4v) is 4.41.